The van der Waals surface area contributed by atoms with Gasteiger partial charge in [0, 0.05) is 24.8 Å². The maximum Gasteiger partial charge on any atom is 0.0393 e. The predicted molar refractivity (Wildman–Crippen MR) is 79.1 cm³/mol. The number of hydrogen-bond acceptors (Lipinski definition) is 2. The third-order valence-corrected chi connectivity index (χ3v) is 4.32. The first-order chi connectivity index (χ1) is 8.61. The van der Waals surface area contributed by atoms with E-state index >= 15 is 0 Å². The van der Waals surface area contributed by atoms with Crippen molar-refractivity contribution in [1.82, 2.24) is 0 Å². The smallest absolute Gasteiger partial charge is 0.0393 e. The maximum atomic E-state index is 6.50. The van der Waals surface area contributed by atoms with Gasteiger partial charge in [0.1, 0.15) is 0 Å². The fraction of sp³-hybridized carbons (Fsp3) is 0.625. The Morgan fingerprint density at radius 2 is 1.83 bits per heavy atom. The predicted octanol–water partition coefficient (Wildman–Crippen LogP) is 3.48. The Labute approximate surface area is 111 Å². The minimum absolute atomic E-state index is 0.0925. The highest BCUT2D eigenvalue weighted by Gasteiger charge is 2.27. The summed E-state index contributed by atoms with van der Waals surface area (Å²) in [5.74, 6) is 0. The van der Waals surface area contributed by atoms with E-state index in [2.05, 4.69) is 43.1 Å². The first kappa shape index (κ1) is 13.4. The highest BCUT2D eigenvalue weighted by atomic mass is 15.1. The van der Waals surface area contributed by atoms with Gasteiger partial charge in [-0.2, -0.15) is 0 Å². The largest absolute Gasteiger partial charge is 0.374 e. The lowest BCUT2D eigenvalue weighted by Crippen LogP contribution is -2.44. The topological polar surface area (TPSA) is 29.3 Å². The Hall–Kier alpha value is -1.02. The van der Waals surface area contributed by atoms with Gasteiger partial charge in [0.15, 0.2) is 0 Å². The molecule has 100 valence electrons. The number of rotatable bonds is 4. The summed E-state index contributed by atoms with van der Waals surface area (Å²) in [6.07, 6.45) is 7.50. The average molecular weight is 246 g/mol. The molecule has 0 amide bonds. The second kappa shape index (κ2) is 5.75. The van der Waals surface area contributed by atoms with E-state index in [1.165, 1.54) is 43.4 Å². The summed E-state index contributed by atoms with van der Waals surface area (Å²) in [6.45, 7) is 3.23. The van der Waals surface area contributed by atoms with Gasteiger partial charge in [0.2, 0.25) is 0 Å². The number of hydrogen-bond donors (Lipinski definition) is 1. The van der Waals surface area contributed by atoms with E-state index in [1.54, 1.807) is 0 Å². The van der Waals surface area contributed by atoms with E-state index in [9.17, 15) is 0 Å². The van der Waals surface area contributed by atoms with Gasteiger partial charge in [-0.1, -0.05) is 37.5 Å². The minimum atomic E-state index is 0.0925. The van der Waals surface area contributed by atoms with Gasteiger partial charge in [-0.05, 0) is 37.8 Å². The maximum absolute atomic E-state index is 6.50. The van der Waals surface area contributed by atoms with Gasteiger partial charge < -0.3 is 10.6 Å². The summed E-state index contributed by atoms with van der Waals surface area (Å²) in [4.78, 5) is 2.35. The molecule has 0 heterocycles. The summed E-state index contributed by atoms with van der Waals surface area (Å²) in [5, 5.41) is 0. The molecule has 1 aliphatic rings. The summed E-state index contributed by atoms with van der Waals surface area (Å²) >= 11 is 0. The monoisotopic (exact) mass is 246 g/mol. The highest BCUT2D eigenvalue weighted by molar-refractivity contribution is 5.52. The zero-order chi connectivity index (χ0) is 13.0. The van der Waals surface area contributed by atoms with E-state index in [-0.39, 0.29) is 5.54 Å². The molecular weight excluding hydrogens is 220 g/mol. The van der Waals surface area contributed by atoms with E-state index in [0.717, 1.165) is 13.0 Å². The van der Waals surface area contributed by atoms with Crippen molar-refractivity contribution in [2.45, 2.75) is 51.0 Å². The molecule has 1 aromatic carbocycles. The van der Waals surface area contributed by atoms with Crippen LogP contribution in [0.5, 0.6) is 0 Å². The fourth-order valence-electron chi connectivity index (χ4n) is 3.01. The molecule has 18 heavy (non-hydrogen) atoms. The lowest BCUT2D eigenvalue weighted by molar-refractivity contribution is 0.280. The van der Waals surface area contributed by atoms with Crippen LogP contribution in [0.3, 0.4) is 0 Å². The van der Waals surface area contributed by atoms with E-state index in [1.807, 2.05) is 0 Å². The standard InChI is InChI=1S/C16H26N2/c1-14-8-4-5-9-15(14)18(2)13-12-16(17)10-6-3-7-11-16/h4-5,8-9H,3,6-7,10-13,17H2,1-2H3. The van der Waals surface area contributed by atoms with Crippen molar-refractivity contribution in [3.63, 3.8) is 0 Å². The summed E-state index contributed by atoms with van der Waals surface area (Å²) in [6, 6.07) is 8.57. The van der Waals surface area contributed by atoms with Crippen LogP contribution in [0.15, 0.2) is 24.3 Å². The van der Waals surface area contributed by atoms with E-state index < -0.39 is 0 Å². The van der Waals surface area contributed by atoms with Crippen molar-refractivity contribution in [3.8, 4) is 0 Å². The Morgan fingerprint density at radius 3 is 2.50 bits per heavy atom. The molecule has 2 heteroatoms. The molecular formula is C16H26N2. The molecule has 2 N–H and O–H groups in total. The van der Waals surface area contributed by atoms with Crippen LogP contribution in [0.1, 0.15) is 44.1 Å². The summed E-state index contributed by atoms with van der Waals surface area (Å²) in [5.41, 5.74) is 9.26. The second-order valence-electron chi connectivity index (χ2n) is 5.88. The first-order valence-electron chi connectivity index (χ1n) is 7.16. The fourth-order valence-corrected chi connectivity index (χ4v) is 3.01. The van der Waals surface area contributed by atoms with Crippen LogP contribution in [0.2, 0.25) is 0 Å². The van der Waals surface area contributed by atoms with Crippen molar-refractivity contribution < 1.29 is 0 Å². The Balaban J connectivity index is 1.92. The van der Waals surface area contributed by atoms with Gasteiger partial charge in [-0.15, -0.1) is 0 Å². The number of aryl methyl sites for hydroxylation is 1. The van der Waals surface area contributed by atoms with Crippen molar-refractivity contribution in [1.29, 1.82) is 0 Å². The zero-order valence-electron chi connectivity index (χ0n) is 11.8. The molecule has 0 spiro atoms. The zero-order valence-corrected chi connectivity index (χ0v) is 11.8. The Kier molecular flexibility index (Phi) is 4.28. The Bertz CT molecular complexity index is 380. The molecule has 2 rings (SSSR count). The third kappa shape index (κ3) is 3.26. The van der Waals surface area contributed by atoms with Crippen LogP contribution in [-0.4, -0.2) is 19.1 Å². The molecule has 0 aromatic heterocycles. The molecule has 1 aromatic rings. The van der Waals surface area contributed by atoms with Crippen LogP contribution in [0, 0.1) is 6.92 Å². The van der Waals surface area contributed by atoms with Gasteiger partial charge >= 0.3 is 0 Å². The van der Waals surface area contributed by atoms with Gasteiger partial charge in [0.25, 0.3) is 0 Å². The van der Waals surface area contributed by atoms with E-state index in [0.29, 0.717) is 0 Å². The quantitative estimate of drug-likeness (QED) is 0.881. The molecule has 0 bridgehead atoms. The normalized spacial score (nSPS) is 18.6. The van der Waals surface area contributed by atoms with Crippen LogP contribution < -0.4 is 10.6 Å². The number of anilines is 1. The lowest BCUT2D eigenvalue weighted by Gasteiger charge is -2.35. The third-order valence-electron chi connectivity index (χ3n) is 4.32. The minimum Gasteiger partial charge on any atom is -0.374 e. The first-order valence-corrected chi connectivity index (χ1v) is 7.16. The Morgan fingerprint density at radius 1 is 1.17 bits per heavy atom. The second-order valence-corrected chi connectivity index (χ2v) is 5.88. The van der Waals surface area contributed by atoms with Gasteiger partial charge in [-0.3, -0.25) is 0 Å². The molecule has 1 fully saturated rings. The van der Waals surface area contributed by atoms with Crippen molar-refractivity contribution in [2.24, 2.45) is 5.73 Å². The molecule has 2 nitrogen and oxygen atoms in total. The van der Waals surface area contributed by atoms with Crippen molar-refractivity contribution >= 4 is 5.69 Å². The van der Waals surface area contributed by atoms with Gasteiger partial charge in [-0.25, -0.2) is 0 Å². The van der Waals surface area contributed by atoms with Crippen LogP contribution in [0.4, 0.5) is 5.69 Å². The number of benzene rings is 1. The number of nitrogens with zero attached hydrogens (tertiary/aromatic N) is 1. The highest BCUT2D eigenvalue weighted by Crippen LogP contribution is 2.29. The molecule has 0 saturated heterocycles. The number of para-hydroxylation sites is 1. The molecule has 1 saturated carbocycles. The molecule has 0 radical (unpaired) electrons. The molecule has 1 aliphatic carbocycles. The van der Waals surface area contributed by atoms with Crippen molar-refractivity contribution in [2.75, 3.05) is 18.5 Å². The van der Waals surface area contributed by atoms with Crippen LogP contribution in [0.25, 0.3) is 0 Å². The average Bonchev–Trinajstić information content (AvgIpc) is 2.38. The lowest BCUT2D eigenvalue weighted by atomic mass is 9.80. The molecule has 0 aliphatic heterocycles. The van der Waals surface area contributed by atoms with Crippen LogP contribution in [-0.2, 0) is 0 Å². The number of nitrogens with two attached hydrogens (primary N) is 1. The van der Waals surface area contributed by atoms with Gasteiger partial charge in [0.05, 0.1) is 0 Å². The van der Waals surface area contributed by atoms with E-state index in [4.69, 9.17) is 5.73 Å². The molecule has 0 unspecified atom stereocenters. The summed E-state index contributed by atoms with van der Waals surface area (Å²) in [7, 11) is 2.18. The van der Waals surface area contributed by atoms with Crippen LogP contribution >= 0.6 is 0 Å². The SMILES string of the molecule is Cc1ccccc1N(C)CCC1(N)CCCCC1. The summed E-state index contributed by atoms with van der Waals surface area (Å²) < 4.78 is 0. The van der Waals surface area contributed by atoms with Crippen molar-refractivity contribution in [3.05, 3.63) is 29.8 Å². The molecule has 0 atom stereocenters.